The molecule has 2 aliphatic rings. The van der Waals surface area contributed by atoms with Crippen LogP contribution in [-0.2, 0) is 10.0 Å². The molecule has 4 N–H and O–H groups in total. The Labute approximate surface area is 115 Å². The summed E-state index contributed by atoms with van der Waals surface area (Å²) in [7, 11) is -3.35. The molecule has 0 radical (unpaired) electrons. The molecule has 2 rings (SSSR count). The Hall–Kier alpha value is -0.620. The lowest BCUT2D eigenvalue weighted by molar-refractivity contribution is 0.430. The first-order valence-corrected chi connectivity index (χ1v) is 8.88. The molecule has 6 heteroatoms. The fraction of sp³-hybridized carbons (Fsp3) is 0.923. The van der Waals surface area contributed by atoms with Crippen molar-refractivity contribution in [1.29, 1.82) is 5.41 Å². The third-order valence-corrected chi connectivity index (χ3v) is 6.58. The topological polar surface area (TPSA) is 96.0 Å². The minimum absolute atomic E-state index is 0.0176. The number of sulfonamides is 1. The van der Waals surface area contributed by atoms with Crippen LogP contribution in [-0.4, -0.2) is 25.0 Å². The zero-order valence-corrected chi connectivity index (χ0v) is 12.3. The summed E-state index contributed by atoms with van der Waals surface area (Å²) in [5.41, 5.74) is 4.91. The van der Waals surface area contributed by atoms with Crippen LogP contribution in [0, 0.1) is 5.41 Å². The molecule has 0 aromatic heterocycles. The third-order valence-electron chi connectivity index (χ3n) is 4.55. The second-order valence-electron chi connectivity index (χ2n) is 5.96. The lowest BCUT2D eigenvalue weighted by atomic mass is 9.90. The van der Waals surface area contributed by atoms with Gasteiger partial charge in [-0.2, -0.15) is 0 Å². The minimum Gasteiger partial charge on any atom is -0.386 e. The van der Waals surface area contributed by atoms with E-state index < -0.39 is 15.6 Å². The average Bonchev–Trinajstić information content (AvgIpc) is 2.78. The molecule has 0 spiro atoms. The first-order valence-electron chi connectivity index (χ1n) is 7.34. The summed E-state index contributed by atoms with van der Waals surface area (Å²) in [6.07, 6.45) is 8.84. The van der Waals surface area contributed by atoms with E-state index in [9.17, 15) is 8.42 Å². The van der Waals surface area contributed by atoms with E-state index >= 15 is 0 Å². The zero-order valence-electron chi connectivity index (χ0n) is 11.5. The van der Waals surface area contributed by atoms with Crippen LogP contribution in [0.25, 0.3) is 0 Å². The van der Waals surface area contributed by atoms with E-state index in [4.69, 9.17) is 11.1 Å². The fourth-order valence-corrected chi connectivity index (χ4v) is 5.29. The van der Waals surface area contributed by atoms with Crippen LogP contribution >= 0.6 is 0 Å². The molecular weight excluding hydrogens is 262 g/mol. The van der Waals surface area contributed by atoms with Gasteiger partial charge in [-0.05, 0) is 25.7 Å². The summed E-state index contributed by atoms with van der Waals surface area (Å²) >= 11 is 0. The van der Waals surface area contributed by atoms with Crippen LogP contribution in [0.3, 0.4) is 0 Å². The van der Waals surface area contributed by atoms with Gasteiger partial charge in [-0.15, -0.1) is 0 Å². The van der Waals surface area contributed by atoms with Crippen molar-refractivity contribution >= 4 is 15.9 Å². The van der Waals surface area contributed by atoms with Gasteiger partial charge in [0.25, 0.3) is 0 Å². The van der Waals surface area contributed by atoms with E-state index in [2.05, 4.69) is 4.72 Å². The van der Waals surface area contributed by atoms with Gasteiger partial charge < -0.3 is 5.73 Å². The Morgan fingerprint density at radius 3 is 2.05 bits per heavy atom. The van der Waals surface area contributed by atoms with E-state index in [0.717, 1.165) is 51.4 Å². The molecule has 19 heavy (non-hydrogen) atoms. The van der Waals surface area contributed by atoms with E-state index in [-0.39, 0.29) is 11.1 Å². The summed E-state index contributed by atoms with van der Waals surface area (Å²) in [6.45, 7) is 0. The molecule has 0 aliphatic heterocycles. The number of rotatable bonds is 4. The summed E-state index contributed by atoms with van der Waals surface area (Å²) in [6, 6.07) is 0. The van der Waals surface area contributed by atoms with E-state index in [1.807, 2.05) is 0 Å². The highest BCUT2D eigenvalue weighted by molar-refractivity contribution is 7.90. The van der Waals surface area contributed by atoms with Gasteiger partial charge in [0.1, 0.15) is 5.84 Å². The van der Waals surface area contributed by atoms with Gasteiger partial charge in [0.15, 0.2) is 0 Å². The minimum atomic E-state index is -3.35. The molecule has 110 valence electrons. The first kappa shape index (κ1) is 14.8. The van der Waals surface area contributed by atoms with E-state index in [1.165, 1.54) is 0 Å². The Morgan fingerprint density at radius 2 is 1.58 bits per heavy atom. The molecule has 0 aromatic rings. The van der Waals surface area contributed by atoms with Crippen molar-refractivity contribution in [2.24, 2.45) is 5.73 Å². The Balaban J connectivity index is 2.17. The van der Waals surface area contributed by atoms with E-state index in [0.29, 0.717) is 12.8 Å². The molecule has 5 nitrogen and oxygen atoms in total. The van der Waals surface area contributed by atoms with Gasteiger partial charge >= 0.3 is 0 Å². The molecule has 0 heterocycles. The maximum atomic E-state index is 12.5. The number of hydrogen-bond acceptors (Lipinski definition) is 3. The van der Waals surface area contributed by atoms with Crippen molar-refractivity contribution < 1.29 is 8.42 Å². The Bertz CT molecular complexity index is 419. The van der Waals surface area contributed by atoms with Crippen molar-refractivity contribution in [3.63, 3.8) is 0 Å². The van der Waals surface area contributed by atoms with E-state index in [1.54, 1.807) is 0 Å². The molecule has 2 aliphatic carbocycles. The second-order valence-corrected chi connectivity index (χ2v) is 7.92. The highest BCUT2D eigenvalue weighted by Crippen LogP contribution is 2.31. The summed E-state index contributed by atoms with van der Waals surface area (Å²) < 4.78 is 27.7. The van der Waals surface area contributed by atoms with Crippen molar-refractivity contribution in [2.75, 3.05) is 0 Å². The molecule has 0 atom stereocenters. The lowest BCUT2D eigenvalue weighted by Crippen LogP contribution is -2.58. The highest BCUT2D eigenvalue weighted by Gasteiger charge is 2.41. The van der Waals surface area contributed by atoms with Crippen LogP contribution in [0.1, 0.15) is 64.2 Å². The van der Waals surface area contributed by atoms with Gasteiger partial charge in [-0.1, -0.05) is 38.5 Å². The number of nitrogens with two attached hydrogens (primary N) is 1. The summed E-state index contributed by atoms with van der Waals surface area (Å²) in [4.78, 5) is 0. The van der Waals surface area contributed by atoms with Crippen molar-refractivity contribution in [3.05, 3.63) is 0 Å². The smallest absolute Gasteiger partial charge is 0.215 e. The maximum Gasteiger partial charge on any atom is 0.215 e. The van der Waals surface area contributed by atoms with Crippen molar-refractivity contribution in [2.45, 2.75) is 75.0 Å². The zero-order chi connectivity index (χ0) is 13.9. The van der Waals surface area contributed by atoms with Crippen molar-refractivity contribution in [1.82, 2.24) is 4.72 Å². The van der Waals surface area contributed by atoms with Gasteiger partial charge in [0.05, 0.1) is 10.8 Å². The van der Waals surface area contributed by atoms with Crippen LogP contribution < -0.4 is 10.5 Å². The quantitative estimate of drug-likeness (QED) is 0.418. The summed E-state index contributed by atoms with van der Waals surface area (Å²) in [5, 5.41) is 7.55. The normalized spacial score (nSPS) is 25.1. The summed E-state index contributed by atoms with van der Waals surface area (Å²) in [5.74, 6) is -0.0176. The predicted octanol–water partition coefficient (Wildman–Crippen LogP) is 1.88. The largest absolute Gasteiger partial charge is 0.386 e. The van der Waals surface area contributed by atoms with Crippen molar-refractivity contribution in [3.8, 4) is 0 Å². The Kier molecular flexibility index (Phi) is 4.50. The first-order chi connectivity index (χ1) is 8.96. The van der Waals surface area contributed by atoms with Gasteiger partial charge in [0, 0.05) is 0 Å². The molecular formula is C13H25N3O2S. The van der Waals surface area contributed by atoms with Crippen LogP contribution in [0.15, 0.2) is 0 Å². The standard InChI is InChI=1S/C13H25N3O2S/c14-12(15)13(9-5-1-2-6-10-13)16-19(17,18)11-7-3-4-8-11/h11,16H,1-10H2,(H3,14,15). The number of nitrogens with one attached hydrogen (secondary N) is 2. The van der Waals surface area contributed by atoms with Crippen LogP contribution in [0.4, 0.5) is 0 Å². The molecule has 0 bridgehead atoms. The number of amidine groups is 1. The van der Waals surface area contributed by atoms with Gasteiger partial charge in [0.2, 0.25) is 10.0 Å². The molecule has 2 fully saturated rings. The maximum absolute atomic E-state index is 12.5. The monoisotopic (exact) mass is 287 g/mol. The molecule has 0 unspecified atom stereocenters. The van der Waals surface area contributed by atoms with Gasteiger partial charge in [-0.3, -0.25) is 5.41 Å². The fourth-order valence-electron chi connectivity index (χ4n) is 3.31. The number of hydrogen-bond donors (Lipinski definition) is 3. The molecule has 0 aromatic carbocycles. The molecule has 0 amide bonds. The Morgan fingerprint density at radius 1 is 1.05 bits per heavy atom. The SMILES string of the molecule is N=C(N)C1(NS(=O)(=O)C2CCCC2)CCCCCC1. The van der Waals surface area contributed by atoms with Crippen LogP contribution in [0.2, 0.25) is 0 Å². The lowest BCUT2D eigenvalue weighted by Gasteiger charge is -2.33. The highest BCUT2D eigenvalue weighted by atomic mass is 32.2. The third kappa shape index (κ3) is 3.28. The predicted molar refractivity (Wildman–Crippen MR) is 76.7 cm³/mol. The van der Waals surface area contributed by atoms with Crippen LogP contribution in [0.5, 0.6) is 0 Å². The second kappa shape index (κ2) is 5.79. The van der Waals surface area contributed by atoms with Gasteiger partial charge in [-0.25, -0.2) is 13.1 Å². The molecule has 2 saturated carbocycles. The molecule has 0 saturated heterocycles. The average molecular weight is 287 g/mol.